The number of rotatable bonds is 4. The van der Waals surface area contributed by atoms with Crippen LogP contribution in [0.25, 0.3) is 0 Å². The van der Waals surface area contributed by atoms with Gasteiger partial charge in [-0.3, -0.25) is 0 Å². The van der Waals surface area contributed by atoms with Crippen LogP contribution in [0, 0.1) is 0 Å². The minimum absolute atomic E-state index is 0.0525. The van der Waals surface area contributed by atoms with E-state index < -0.39 is 15.9 Å². The number of aliphatic hydroxyl groups excluding tert-OH is 1. The summed E-state index contributed by atoms with van der Waals surface area (Å²) in [6.07, 6.45) is 2.78. The van der Waals surface area contributed by atoms with Gasteiger partial charge in [0.25, 0.3) is 0 Å². The van der Waals surface area contributed by atoms with E-state index >= 15 is 0 Å². The van der Waals surface area contributed by atoms with Gasteiger partial charge in [-0.05, 0) is 12.8 Å². The highest BCUT2D eigenvalue weighted by Crippen LogP contribution is 2.17. The molecule has 0 saturated carbocycles. The van der Waals surface area contributed by atoms with Gasteiger partial charge in [0.2, 0.25) is 0 Å². The molecule has 0 amide bonds. The second kappa shape index (κ2) is 4.39. The highest BCUT2D eigenvalue weighted by atomic mass is 32.2. The molecule has 5 heteroatoms. The van der Waals surface area contributed by atoms with Gasteiger partial charge in [0, 0.05) is 19.3 Å². The van der Waals surface area contributed by atoms with Gasteiger partial charge in [0.15, 0.2) is 0 Å². The van der Waals surface area contributed by atoms with Crippen molar-refractivity contribution in [3.63, 3.8) is 0 Å². The molecule has 0 aromatic heterocycles. The van der Waals surface area contributed by atoms with E-state index in [0.717, 1.165) is 25.7 Å². The minimum atomic E-state index is -3.07. The monoisotopic (exact) mass is 208 g/mol. The van der Waals surface area contributed by atoms with Gasteiger partial charge in [0.1, 0.15) is 9.84 Å². The Kier molecular flexibility index (Phi) is 3.70. The topological polar surface area (TPSA) is 63.6 Å². The summed E-state index contributed by atoms with van der Waals surface area (Å²) in [6, 6.07) is 0. The van der Waals surface area contributed by atoms with Crippen molar-refractivity contribution in [2.24, 2.45) is 0 Å². The molecule has 1 fully saturated rings. The van der Waals surface area contributed by atoms with Gasteiger partial charge in [-0.1, -0.05) is 0 Å². The lowest BCUT2D eigenvalue weighted by Crippen LogP contribution is -2.24. The SMILES string of the molecule is CS(=O)(=O)CC(O)CC1CCCO1. The Labute approximate surface area is 78.8 Å². The minimum Gasteiger partial charge on any atom is -0.392 e. The number of sulfone groups is 1. The molecule has 1 saturated heterocycles. The van der Waals surface area contributed by atoms with Crippen molar-refractivity contribution in [2.45, 2.75) is 31.5 Å². The molecule has 1 aliphatic rings. The van der Waals surface area contributed by atoms with Crippen LogP contribution in [0.3, 0.4) is 0 Å². The summed E-state index contributed by atoms with van der Waals surface area (Å²) in [5.74, 6) is -0.160. The van der Waals surface area contributed by atoms with Crippen LogP contribution in [0.2, 0.25) is 0 Å². The van der Waals surface area contributed by atoms with E-state index in [9.17, 15) is 13.5 Å². The Morgan fingerprint density at radius 2 is 2.31 bits per heavy atom. The highest BCUT2D eigenvalue weighted by molar-refractivity contribution is 7.90. The first kappa shape index (κ1) is 10.9. The van der Waals surface area contributed by atoms with E-state index in [1.165, 1.54) is 0 Å². The Hall–Kier alpha value is -0.130. The van der Waals surface area contributed by atoms with E-state index in [1.807, 2.05) is 0 Å². The lowest BCUT2D eigenvalue weighted by Gasteiger charge is -2.13. The van der Waals surface area contributed by atoms with Crippen LogP contribution in [0.1, 0.15) is 19.3 Å². The Balaban J connectivity index is 2.28. The smallest absolute Gasteiger partial charge is 0.149 e. The van der Waals surface area contributed by atoms with Crippen molar-refractivity contribution in [2.75, 3.05) is 18.6 Å². The van der Waals surface area contributed by atoms with Crippen LogP contribution in [-0.4, -0.2) is 44.3 Å². The number of aliphatic hydroxyl groups is 1. The molecule has 4 nitrogen and oxygen atoms in total. The van der Waals surface area contributed by atoms with Crippen molar-refractivity contribution < 1.29 is 18.3 Å². The van der Waals surface area contributed by atoms with Crippen LogP contribution in [0.15, 0.2) is 0 Å². The van der Waals surface area contributed by atoms with Gasteiger partial charge in [0.05, 0.1) is 18.0 Å². The maximum Gasteiger partial charge on any atom is 0.149 e. The Morgan fingerprint density at radius 1 is 1.62 bits per heavy atom. The van der Waals surface area contributed by atoms with E-state index in [-0.39, 0.29) is 11.9 Å². The van der Waals surface area contributed by atoms with Gasteiger partial charge in [-0.15, -0.1) is 0 Å². The largest absolute Gasteiger partial charge is 0.392 e. The van der Waals surface area contributed by atoms with Crippen molar-refractivity contribution in [1.82, 2.24) is 0 Å². The Morgan fingerprint density at radius 3 is 2.77 bits per heavy atom. The lowest BCUT2D eigenvalue weighted by atomic mass is 10.1. The molecular formula is C8H16O4S. The lowest BCUT2D eigenvalue weighted by molar-refractivity contribution is 0.0616. The first-order chi connectivity index (χ1) is 5.97. The van der Waals surface area contributed by atoms with Gasteiger partial charge < -0.3 is 9.84 Å². The molecule has 1 rings (SSSR count). The molecule has 2 unspecified atom stereocenters. The van der Waals surface area contributed by atoms with Gasteiger partial charge >= 0.3 is 0 Å². The van der Waals surface area contributed by atoms with E-state index in [4.69, 9.17) is 4.74 Å². The normalized spacial score (nSPS) is 26.2. The average Bonchev–Trinajstić information content (AvgIpc) is 2.34. The first-order valence-corrected chi connectivity index (χ1v) is 6.51. The first-order valence-electron chi connectivity index (χ1n) is 4.45. The molecule has 0 aliphatic carbocycles. The van der Waals surface area contributed by atoms with Crippen LogP contribution in [-0.2, 0) is 14.6 Å². The third-order valence-electron chi connectivity index (χ3n) is 2.05. The predicted molar refractivity (Wildman–Crippen MR) is 49.3 cm³/mol. The number of hydrogen-bond donors (Lipinski definition) is 1. The third kappa shape index (κ3) is 4.59. The molecule has 0 radical (unpaired) electrons. The maximum atomic E-state index is 10.8. The summed E-state index contributed by atoms with van der Waals surface area (Å²) < 4.78 is 26.9. The summed E-state index contributed by atoms with van der Waals surface area (Å²) in [7, 11) is -3.07. The molecule has 13 heavy (non-hydrogen) atoms. The molecule has 78 valence electrons. The molecule has 0 aromatic carbocycles. The average molecular weight is 208 g/mol. The fraction of sp³-hybridized carbons (Fsp3) is 1.00. The molecule has 0 bridgehead atoms. The summed E-state index contributed by atoms with van der Waals surface area (Å²) in [5.41, 5.74) is 0. The second-order valence-corrected chi connectivity index (χ2v) is 5.80. The fourth-order valence-corrected chi connectivity index (χ4v) is 2.39. The summed E-state index contributed by atoms with van der Waals surface area (Å²) in [6.45, 7) is 0.732. The van der Waals surface area contributed by atoms with Crippen LogP contribution in [0.5, 0.6) is 0 Å². The fourth-order valence-electron chi connectivity index (χ4n) is 1.55. The van der Waals surface area contributed by atoms with E-state index in [2.05, 4.69) is 0 Å². The third-order valence-corrected chi connectivity index (χ3v) is 3.04. The standard InChI is InChI=1S/C8H16O4S/c1-13(10,11)6-7(9)5-8-3-2-4-12-8/h7-9H,2-6H2,1H3. The van der Waals surface area contributed by atoms with Crippen molar-refractivity contribution in [3.8, 4) is 0 Å². The molecule has 1 heterocycles. The molecule has 2 atom stereocenters. The predicted octanol–water partition coefficient (Wildman–Crippen LogP) is -0.0390. The molecule has 0 aromatic rings. The second-order valence-electron chi connectivity index (χ2n) is 3.62. The van der Waals surface area contributed by atoms with Crippen molar-refractivity contribution in [3.05, 3.63) is 0 Å². The molecule has 0 spiro atoms. The molecule has 1 N–H and O–H groups in total. The zero-order chi connectivity index (χ0) is 9.90. The van der Waals surface area contributed by atoms with Crippen LogP contribution in [0.4, 0.5) is 0 Å². The van der Waals surface area contributed by atoms with Crippen LogP contribution < -0.4 is 0 Å². The number of ether oxygens (including phenoxy) is 1. The van der Waals surface area contributed by atoms with Gasteiger partial charge in [-0.2, -0.15) is 0 Å². The summed E-state index contributed by atoms with van der Waals surface area (Å²) in [5, 5.41) is 9.39. The van der Waals surface area contributed by atoms with E-state index in [1.54, 1.807) is 0 Å². The van der Waals surface area contributed by atoms with Crippen molar-refractivity contribution >= 4 is 9.84 Å². The van der Waals surface area contributed by atoms with E-state index in [0.29, 0.717) is 6.42 Å². The number of hydrogen-bond acceptors (Lipinski definition) is 4. The maximum absolute atomic E-state index is 10.8. The summed E-state index contributed by atoms with van der Waals surface area (Å²) in [4.78, 5) is 0. The van der Waals surface area contributed by atoms with Gasteiger partial charge in [-0.25, -0.2) is 8.42 Å². The van der Waals surface area contributed by atoms with Crippen molar-refractivity contribution in [1.29, 1.82) is 0 Å². The van der Waals surface area contributed by atoms with Crippen LogP contribution >= 0.6 is 0 Å². The quantitative estimate of drug-likeness (QED) is 0.704. The Bertz CT molecular complexity index is 241. The molecular weight excluding hydrogens is 192 g/mol. The highest BCUT2D eigenvalue weighted by Gasteiger charge is 2.21. The molecule has 1 aliphatic heterocycles. The summed E-state index contributed by atoms with van der Waals surface area (Å²) >= 11 is 0. The zero-order valence-corrected chi connectivity index (χ0v) is 8.59. The zero-order valence-electron chi connectivity index (χ0n) is 7.77.